The number of anilines is 1. The maximum absolute atomic E-state index is 12.6. The molecule has 186 valence electrons. The van der Waals surface area contributed by atoms with Gasteiger partial charge in [-0.25, -0.2) is 4.98 Å². The molecule has 2 aromatic rings. The second-order valence-electron chi connectivity index (χ2n) is 9.42. The van der Waals surface area contributed by atoms with E-state index in [0.717, 1.165) is 28.7 Å². The molecule has 2 saturated heterocycles. The molecule has 0 spiro atoms. The third-order valence-corrected chi connectivity index (χ3v) is 8.08. The second kappa shape index (κ2) is 9.69. The zero-order valence-corrected chi connectivity index (χ0v) is 20.8. The summed E-state index contributed by atoms with van der Waals surface area (Å²) in [5, 5.41) is 31.8. The van der Waals surface area contributed by atoms with E-state index in [2.05, 4.69) is 9.88 Å². The number of aliphatic hydroxyl groups excluding tert-OH is 3. The van der Waals surface area contributed by atoms with E-state index in [1.54, 1.807) is 25.4 Å². The molecule has 34 heavy (non-hydrogen) atoms. The summed E-state index contributed by atoms with van der Waals surface area (Å²) in [6.07, 6.45) is -0.266. The number of nitrogens with zero attached hydrogens (tertiary/aromatic N) is 3. The molecule has 0 radical (unpaired) electrons. The van der Waals surface area contributed by atoms with Crippen molar-refractivity contribution in [3.63, 3.8) is 0 Å². The highest BCUT2D eigenvalue weighted by atomic mass is 32.1. The Kier molecular flexibility index (Phi) is 7.04. The lowest BCUT2D eigenvalue weighted by atomic mass is 9.72. The number of carbonyl (C=O) groups excluding carboxylic acids is 1. The van der Waals surface area contributed by atoms with E-state index in [9.17, 15) is 20.1 Å². The number of aromatic nitrogens is 1. The van der Waals surface area contributed by atoms with Crippen molar-refractivity contribution in [1.82, 2.24) is 9.88 Å². The molecule has 9 nitrogen and oxygen atoms in total. The number of thiazole rings is 1. The highest BCUT2D eigenvalue weighted by Gasteiger charge is 2.49. The lowest BCUT2D eigenvalue weighted by Crippen LogP contribution is -2.53. The van der Waals surface area contributed by atoms with Crippen LogP contribution in [-0.2, 0) is 4.79 Å². The molecule has 1 aromatic carbocycles. The number of carbonyl (C=O) groups is 1. The molecule has 3 heterocycles. The highest BCUT2D eigenvalue weighted by Crippen LogP contribution is 2.47. The van der Waals surface area contributed by atoms with Crippen LogP contribution in [0.5, 0.6) is 11.5 Å². The van der Waals surface area contributed by atoms with Crippen molar-refractivity contribution in [2.75, 3.05) is 44.8 Å². The van der Waals surface area contributed by atoms with Crippen LogP contribution in [0.1, 0.15) is 30.3 Å². The van der Waals surface area contributed by atoms with Crippen molar-refractivity contribution in [3.8, 4) is 11.5 Å². The Balaban J connectivity index is 1.53. The van der Waals surface area contributed by atoms with Crippen LogP contribution in [0, 0.1) is 12.3 Å². The molecule has 4 rings (SSSR count). The number of rotatable bonds is 8. The number of aliphatic hydroxyl groups is 3. The average molecular weight is 492 g/mol. The molecule has 4 atom stereocenters. The van der Waals surface area contributed by atoms with Crippen molar-refractivity contribution >= 4 is 22.2 Å². The summed E-state index contributed by atoms with van der Waals surface area (Å²) in [6, 6.07) is 5.71. The summed E-state index contributed by atoms with van der Waals surface area (Å²) in [5.41, 5.74) is 0.288. The third-order valence-electron chi connectivity index (χ3n) is 7.11. The molecule has 2 aliphatic rings. The Morgan fingerprint density at radius 1 is 1.29 bits per heavy atom. The van der Waals surface area contributed by atoms with Crippen LogP contribution in [0.4, 0.5) is 5.00 Å². The van der Waals surface area contributed by atoms with Crippen molar-refractivity contribution < 1.29 is 29.6 Å². The maximum Gasteiger partial charge on any atom is 0.253 e. The first-order valence-electron chi connectivity index (χ1n) is 11.4. The minimum Gasteiger partial charge on any atom is -0.493 e. The molecule has 1 amide bonds. The summed E-state index contributed by atoms with van der Waals surface area (Å²) < 4.78 is 11.8. The van der Waals surface area contributed by atoms with Crippen LogP contribution in [-0.4, -0.2) is 89.3 Å². The summed E-state index contributed by atoms with van der Waals surface area (Å²) >= 11 is 1.66. The van der Waals surface area contributed by atoms with Gasteiger partial charge in [-0.05, 0) is 31.5 Å². The fraction of sp³-hybridized carbons (Fsp3) is 0.583. The predicted molar refractivity (Wildman–Crippen MR) is 129 cm³/mol. The van der Waals surface area contributed by atoms with Gasteiger partial charge in [0.15, 0.2) is 17.6 Å². The van der Waals surface area contributed by atoms with Gasteiger partial charge in [-0.15, -0.1) is 11.3 Å². The van der Waals surface area contributed by atoms with E-state index in [-0.39, 0.29) is 18.6 Å². The van der Waals surface area contributed by atoms with Gasteiger partial charge >= 0.3 is 0 Å². The Hall–Kier alpha value is -2.40. The number of methoxy groups -OCH3 is 1. The lowest BCUT2D eigenvalue weighted by molar-refractivity contribution is -0.141. The monoisotopic (exact) mass is 491 g/mol. The molecule has 2 fully saturated rings. The lowest BCUT2D eigenvalue weighted by Gasteiger charge is -2.39. The molecule has 1 aromatic heterocycles. The fourth-order valence-corrected chi connectivity index (χ4v) is 5.54. The molecule has 0 saturated carbocycles. The second-order valence-corrected chi connectivity index (χ2v) is 10.6. The number of amides is 1. The zero-order chi connectivity index (χ0) is 24.6. The van der Waals surface area contributed by atoms with Crippen molar-refractivity contribution in [2.24, 2.45) is 5.41 Å². The summed E-state index contributed by atoms with van der Waals surface area (Å²) in [4.78, 5) is 20.6. The van der Waals surface area contributed by atoms with Crippen molar-refractivity contribution in [2.45, 2.75) is 45.0 Å². The number of hydrogen-bond acceptors (Lipinski definition) is 9. The smallest absolute Gasteiger partial charge is 0.253 e. The maximum atomic E-state index is 12.6. The van der Waals surface area contributed by atoms with Gasteiger partial charge in [0.25, 0.3) is 5.91 Å². The van der Waals surface area contributed by atoms with Crippen molar-refractivity contribution in [3.05, 3.63) is 35.0 Å². The summed E-state index contributed by atoms with van der Waals surface area (Å²) in [5.74, 6) is 0.526. The molecular weight excluding hydrogens is 458 g/mol. The van der Waals surface area contributed by atoms with Crippen LogP contribution in [0.3, 0.4) is 0 Å². The first kappa shape index (κ1) is 24.7. The zero-order valence-electron chi connectivity index (χ0n) is 20.0. The highest BCUT2D eigenvalue weighted by molar-refractivity contribution is 7.15. The molecule has 0 aliphatic carbocycles. The number of likely N-dealkylation sites (tertiary alicyclic amines) is 1. The van der Waals surface area contributed by atoms with Crippen LogP contribution in [0.25, 0.3) is 0 Å². The van der Waals surface area contributed by atoms with E-state index >= 15 is 0 Å². The van der Waals surface area contributed by atoms with Crippen LogP contribution >= 0.6 is 11.3 Å². The number of ether oxygens (including phenoxy) is 2. The summed E-state index contributed by atoms with van der Waals surface area (Å²) in [6.45, 7) is 7.12. The fourth-order valence-electron chi connectivity index (χ4n) is 4.75. The van der Waals surface area contributed by atoms with Crippen LogP contribution in [0.2, 0.25) is 0 Å². The number of benzene rings is 1. The van der Waals surface area contributed by atoms with Gasteiger partial charge in [0.2, 0.25) is 0 Å². The minimum atomic E-state index is -1.46. The van der Waals surface area contributed by atoms with Crippen LogP contribution in [0.15, 0.2) is 24.4 Å². The van der Waals surface area contributed by atoms with E-state index in [4.69, 9.17) is 9.47 Å². The Morgan fingerprint density at radius 3 is 2.62 bits per heavy atom. The van der Waals surface area contributed by atoms with E-state index in [1.807, 2.05) is 38.2 Å². The van der Waals surface area contributed by atoms with Gasteiger partial charge in [-0.3, -0.25) is 4.79 Å². The summed E-state index contributed by atoms with van der Waals surface area (Å²) in [7, 11) is 1.60. The number of hydrogen-bond donors (Lipinski definition) is 3. The Morgan fingerprint density at radius 2 is 2.03 bits per heavy atom. The van der Waals surface area contributed by atoms with E-state index < -0.39 is 30.1 Å². The van der Waals surface area contributed by atoms with E-state index in [1.165, 1.54) is 4.90 Å². The third kappa shape index (κ3) is 4.59. The van der Waals surface area contributed by atoms with E-state index in [0.29, 0.717) is 18.0 Å². The first-order chi connectivity index (χ1) is 16.2. The SMILES string of the molecule is COc1ccc([C@@H]2CN(C(=O)C(O)CO)C[C@@]2(C)[C@@H](C)O)cc1OC1CN(c2cnc(C)s2)C1. The molecule has 0 bridgehead atoms. The average Bonchev–Trinajstić information content (AvgIpc) is 3.38. The van der Waals surface area contributed by atoms with Crippen LogP contribution < -0.4 is 14.4 Å². The van der Waals surface area contributed by atoms with Gasteiger partial charge < -0.3 is 34.6 Å². The quantitative estimate of drug-likeness (QED) is 0.508. The normalized spacial score (nSPS) is 24.6. The number of aryl methyl sites for hydroxylation is 1. The first-order valence-corrected chi connectivity index (χ1v) is 12.3. The standard InChI is InChI=1S/C24H33N3O6S/c1-14(29)24(3)13-27(23(31)19(30)12-28)11-18(24)16-5-6-20(32-4)21(7-16)33-17-9-26(10-17)22-8-25-15(2)34-22/h5-8,14,17-19,28-30H,9-13H2,1-4H3/t14-,18+,19?,24+/m1/s1. The molecule has 10 heteroatoms. The Bertz CT molecular complexity index is 1020. The molecule has 2 aliphatic heterocycles. The van der Waals surface area contributed by atoms with Gasteiger partial charge in [-0.1, -0.05) is 13.0 Å². The van der Waals surface area contributed by atoms with Gasteiger partial charge in [0.1, 0.15) is 11.1 Å². The minimum absolute atomic E-state index is 0.0102. The van der Waals surface area contributed by atoms with Gasteiger partial charge in [-0.2, -0.15) is 0 Å². The van der Waals surface area contributed by atoms with Gasteiger partial charge in [0, 0.05) is 24.4 Å². The molecule has 3 N–H and O–H groups in total. The largest absolute Gasteiger partial charge is 0.493 e. The molecular formula is C24H33N3O6S. The van der Waals surface area contributed by atoms with Gasteiger partial charge in [0.05, 0.1) is 44.1 Å². The van der Waals surface area contributed by atoms with Crippen molar-refractivity contribution in [1.29, 1.82) is 0 Å². The predicted octanol–water partition coefficient (Wildman–Crippen LogP) is 1.39. The Labute approximate surface area is 203 Å². The topological polar surface area (TPSA) is 116 Å². The molecule has 1 unspecified atom stereocenters.